The van der Waals surface area contributed by atoms with Crippen molar-refractivity contribution in [1.82, 2.24) is 19.8 Å². The summed E-state index contributed by atoms with van der Waals surface area (Å²) in [7, 11) is 1.49. The maximum absolute atomic E-state index is 13.2. The first kappa shape index (κ1) is 23.4. The SMILES string of the molecule is CC[C@@H](NC(=O)Oc1cc(C(=O)N2CCC[C@@H]2C)n2c1COCC2)c1cnc(OC)c(Cl)c1. The monoisotopic (exact) mass is 476 g/mol. The highest BCUT2D eigenvalue weighted by Crippen LogP contribution is 2.31. The summed E-state index contributed by atoms with van der Waals surface area (Å²) in [5, 5.41) is 3.22. The molecule has 4 rings (SSSR count). The Morgan fingerprint density at radius 1 is 1.36 bits per heavy atom. The maximum Gasteiger partial charge on any atom is 0.413 e. The minimum atomic E-state index is -0.624. The largest absolute Gasteiger partial charge is 0.480 e. The van der Waals surface area contributed by atoms with Gasteiger partial charge < -0.3 is 29.0 Å². The average molecular weight is 477 g/mol. The minimum Gasteiger partial charge on any atom is -0.480 e. The summed E-state index contributed by atoms with van der Waals surface area (Å²) in [5.41, 5.74) is 1.96. The molecular formula is C23H29ClN4O5. The van der Waals surface area contributed by atoms with Gasteiger partial charge in [0.2, 0.25) is 5.88 Å². The van der Waals surface area contributed by atoms with Gasteiger partial charge in [-0.1, -0.05) is 18.5 Å². The molecule has 178 valence electrons. The minimum absolute atomic E-state index is 0.0382. The lowest BCUT2D eigenvalue weighted by Crippen LogP contribution is -2.35. The van der Waals surface area contributed by atoms with Crippen molar-refractivity contribution in [2.24, 2.45) is 0 Å². The zero-order valence-electron chi connectivity index (χ0n) is 19.1. The molecule has 9 nitrogen and oxygen atoms in total. The molecule has 2 atom stereocenters. The Morgan fingerprint density at radius 2 is 2.18 bits per heavy atom. The molecule has 1 N–H and O–H groups in total. The second kappa shape index (κ2) is 10.0. The van der Waals surface area contributed by atoms with Crippen molar-refractivity contribution in [2.75, 3.05) is 20.3 Å². The molecule has 2 amide bonds. The summed E-state index contributed by atoms with van der Waals surface area (Å²) in [5.74, 6) is 0.620. The fourth-order valence-electron chi connectivity index (χ4n) is 4.41. The van der Waals surface area contributed by atoms with Crippen LogP contribution in [0.4, 0.5) is 4.79 Å². The Labute approximate surface area is 198 Å². The van der Waals surface area contributed by atoms with Crippen molar-refractivity contribution in [3.63, 3.8) is 0 Å². The van der Waals surface area contributed by atoms with Crippen molar-refractivity contribution in [3.05, 3.63) is 40.3 Å². The van der Waals surface area contributed by atoms with Crippen LogP contribution in [-0.4, -0.2) is 52.8 Å². The smallest absolute Gasteiger partial charge is 0.413 e. The van der Waals surface area contributed by atoms with Crippen LogP contribution in [0.5, 0.6) is 11.6 Å². The normalized spacial score (nSPS) is 18.5. The number of likely N-dealkylation sites (tertiary alicyclic amines) is 1. The van der Waals surface area contributed by atoms with Crippen LogP contribution in [0, 0.1) is 0 Å². The molecule has 0 spiro atoms. The topological polar surface area (TPSA) is 94.9 Å². The number of rotatable bonds is 6. The van der Waals surface area contributed by atoms with Crippen LogP contribution in [-0.2, 0) is 17.9 Å². The number of carbonyl (C=O) groups excluding carboxylic acids is 2. The predicted molar refractivity (Wildman–Crippen MR) is 122 cm³/mol. The number of ether oxygens (including phenoxy) is 3. The van der Waals surface area contributed by atoms with E-state index in [1.807, 2.05) is 16.4 Å². The molecule has 0 aromatic carbocycles. The molecule has 0 saturated carbocycles. The van der Waals surface area contributed by atoms with E-state index in [9.17, 15) is 9.59 Å². The van der Waals surface area contributed by atoms with Gasteiger partial charge in [0.25, 0.3) is 5.91 Å². The van der Waals surface area contributed by atoms with Gasteiger partial charge in [0.15, 0.2) is 5.75 Å². The third kappa shape index (κ3) is 4.79. The van der Waals surface area contributed by atoms with E-state index in [1.54, 1.807) is 18.3 Å². The van der Waals surface area contributed by atoms with E-state index < -0.39 is 6.09 Å². The van der Waals surface area contributed by atoms with Crippen LogP contribution < -0.4 is 14.8 Å². The highest BCUT2D eigenvalue weighted by atomic mass is 35.5. The summed E-state index contributed by atoms with van der Waals surface area (Å²) in [6.45, 7) is 6.06. The Kier molecular flexibility index (Phi) is 7.09. The first-order chi connectivity index (χ1) is 15.9. The third-order valence-electron chi connectivity index (χ3n) is 6.23. The second-order valence-corrected chi connectivity index (χ2v) is 8.70. The number of pyridine rings is 1. The molecule has 2 aromatic heterocycles. The van der Waals surface area contributed by atoms with Crippen molar-refractivity contribution in [1.29, 1.82) is 0 Å². The van der Waals surface area contributed by atoms with E-state index in [2.05, 4.69) is 17.2 Å². The van der Waals surface area contributed by atoms with Gasteiger partial charge in [-0.3, -0.25) is 4.79 Å². The second-order valence-electron chi connectivity index (χ2n) is 8.29. The van der Waals surface area contributed by atoms with Crippen molar-refractivity contribution < 1.29 is 23.8 Å². The standard InChI is InChI=1S/C23H29ClN4O5/c1-4-17(15-10-16(24)21(31-3)25-12-15)26-23(30)33-20-11-18(28-8-9-32-13-19(20)28)22(29)27-7-5-6-14(27)2/h10-12,14,17H,4-9,13H2,1-3H3,(H,26,30)/t14-,17+/m0/s1. The molecular weight excluding hydrogens is 448 g/mol. The van der Waals surface area contributed by atoms with Gasteiger partial charge in [0, 0.05) is 31.4 Å². The van der Waals surface area contributed by atoms with Gasteiger partial charge in [0.05, 0.1) is 32.1 Å². The van der Waals surface area contributed by atoms with E-state index in [0.717, 1.165) is 24.9 Å². The van der Waals surface area contributed by atoms with Gasteiger partial charge in [-0.2, -0.15) is 0 Å². The number of nitrogens with zero attached hydrogens (tertiary/aromatic N) is 3. The summed E-state index contributed by atoms with van der Waals surface area (Å²) in [4.78, 5) is 32.0. The molecule has 0 unspecified atom stereocenters. The molecule has 4 heterocycles. The molecule has 1 fully saturated rings. The third-order valence-corrected chi connectivity index (χ3v) is 6.50. The maximum atomic E-state index is 13.2. The lowest BCUT2D eigenvalue weighted by molar-refractivity contribution is 0.0686. The van der Waals surface area contributed by atoms with Gasteiger partial charge in [-0.05, 0) is 37.8 Å². The highest BCUT2D eigenvalue weighted by molar-refractivity contribution is 6.31. The van der Waals surface area contributed by atoms with Crippen molar-refractivity contribution in [2.45, 2.75) is 58.3 Å². The lowest BCUT2D eigenvalue weighted by atomic mass is 10.1. The average Bonchev–Trinajstić information content (AvgIpc) is 3.41. The van der Waals surface area contributed by atoms with Crippen LogP contribution in [0.25, 0.3) is 0 Å². The number of halogens is 1. The first-order valence-electron chi connectivity index (χ1n) is 11.2. The Morgan fingerprint density at radius 3 is 2.85 bits per heavy atom. The number of carbonyl (C=O) groups is 2. The van der Waals surface area contributed by atoms with Crippen LogP contribution >= 0.6 is 11.6 Å². The molecule has 1 saturated heterocycles. The van der Waals surface area contributed by atoms with E-state index >= 15 is 0 Å². The number of nitrogens with one attached hydrogen (secondary N) is 1. The molecule has 2 aliphatic rings. The van der Waals surface area contributed by atoms with E-state index in [1.165, 1.54) is 7.11 Å². The summed E-state index contributed by atoms with van der Waals surface area (Å²) >= 11 is 6.19. The summed E-state index contributed by atoms with van der Waals surface area (Å²) < 4.78 is 18.2. The lowest BCUT2D eigenvalue weighted by Gasteiger charge is -2.24. The molecule has 10 heteroatoms. The summed E-state index contributed by atoms with van der Waals surface area (Å²) in [6, 6.07) is 3.22. The van der Waals surface area contributed by atoms with Crippen molar-refractivity contribution in [3.8, 4) is 11.6 Å². The highest BCUT2D eigenvalue weighted by Gasteiger charge is 2.32. The van der Waals surface area contributed by atoms with Crippen molar-refractivity contribution >= 4 is 23.6 Å². The number of hydrogen-bond donors (Lipinski definition) is 1. The molecule has 33 heavy (non-hydrogen) atoms. The zero-order chi connectivity index (χ0) is 23.5. The van der Waals surface area contributed by atoms with Gasteiger partial charge in [0.1, 0.15) is 10.7 Å². The number of fused-ring (bicyclic) bond motifs is 1. The van der Waals surface area contributed by atoms with E-state index in [-0.39, 0.29) is 24.6 Å². The van der Waals surface area contributed by atoms with Gasteiger partial charge in [-0.15, -0.1) is 0 Å². The molecule has 2 aromatic rings. The molecule has 2 aliphatic heterocycles. The van der Waals surface area contributed by atoms with Gasteiger partial charge >= 0.3 is 6.09 Å². The fraction of sp³-hybridized carbons (Fsp3) is 0.522. The van der Waals surface area contributed by atoms with E-state index in [4.69, 9.17) is 25.8 Å². The number of amides is 2. The Hall–Kier alpha value is -2.78. The number of aromatic nitrogens is 2. The van der Waals surface area contributed by atoms with Gasteiger partial charge in [-0.25, -0.2) is 9.78 Å². The van der Waals surface area contributed by atoms with Crippen LogP contribution in [0.2, 0.25) is 5.02 Å². The quantitative estimate of drug-likeness (QED) is 0.678. The molecule has 0 aliphatic carbocycles. The zero-order valence-corrected chi connectivity index (χ0v) is 19.9. The molecule has 0 radical (unpaired) electrons. The van der Waals surface area contributed by atoms with Crippen LogP contribution in [0.3, 0.4) is 0 Å². The molecule has 0 bridgehead atoms. The fourth-order valence-corrected chi connectivity index (χ4v) is 4.67. The Bertz CT molecular complexity index is 1040. The summed E-state index contributed by atoms with van der Waals surface area (Å²) in [6.07, 6.45) is 3.59. The van der Waals surface area contributed by atoms with E-state index in [0.29, 0.717) is 47.6 Å². The Balaban J connectivity index is 1.52. The number of methoxy groups -OCH3 is 1. The van der Waals surface area contributed by atoms with Crippen LogP contribution in [0.1, 0.15) is 60.9 Å². The number of hydrogen-bond acceptors (Lipinski definition) is 6. The van der Waals surface area contributed by atoms with Crippen LogP contribution in [0.15, 0.2) is 18.3 Å². The first-order valence-corrected chi connectivity index (χ1v) is 11.6. The predicted octanol–water partition coefficient (Wildman–Crippen LogP) is 3.94.